The zero-order valence-corrected chi connectivity index (χ0v) is 12.4. The van der Waals surface area contributed by atoms with Crippen LogP contribution < -0.4 is 4.74 Å². The molecule has 1 aromatic rings. The number of likely N-dealkylation sites (N-methyl/N-ethyl adjacent to an activating group) is 1. The maximum Gasteiger partial charge on any atom is 0.150 e. The van der Waals surface area contributed by atoms with Gasteiger partial charge in [0.25, 0.3) is 0 Å². The average molecular weight is 276 g/mol. The second kappa shape index (κ2) is 7.41. The number of carbonyl (C=O) groups excluding carboxylic acids is 1. The summed E-state index contributed by atoms with van der Waals surface area (Å²) in [5.74, 6) is 1.34. The Hall–Kier alpha value is -1.39. The lowest BCUT2D eigenvalue weighted by Gasteiger charge is -2.33. The Balaban J connectivity index is 1.71. The van der Waals surface area contributed by atoms with E-state index >= 15 is 0 Å². The van der Waals surface area contributed by atoms with Crippen molar-refractivity contribution in [1.82, 2.24) is 9.80 Å². The number of piperazine rings is 1. The highest BCUT2D eigenvalue weighted by molar-refractivity contribution is 5.74. The van der Waals surface area contributed by atoms with Gasteiger partial charge in [-0.1, -0.05) is 6.92 Å². The number of hydrogen-bond donors (Lipinski definition) is 0. The predicted octanol–water partition coefficient (Wildman–Crippen LogP) is 1.76. The summed E-state index contributed by atoms with van der Waals surface area (Å²) >= 11 is 0. The van der Waals surface area contributed by atoms with Crippen LogP contribution in [-0.4, -0.2) is 62.5 Å². The van der Waals surface area contributed by atoms with Crippen molar-refractivity contribution in [1.29, 1.82) is 0 Å². The van der Waals surface area contributed by atoms with Gasteiger partial charge >= 0.3 is 0 Å². The molecule has 0 saturated carbocycles. The summed E-state index contributed by atoms with van der Waals surface area (Å²) in [6.45, 7) is 8.62. The molecule has 1 unspecified atom stereocenters. The van der Waals surface area contributed by atoms with Crippen LogP contribution in [0.1, 0.15) is 17.3 Å². The maximum absolute atomic E-state index is 10.6. The van der Waals surface area contributed by atoms with Crippen LogP contribution in [0.4, 0.5) is 0 Å². The molecular weight excluding hydrogens is 252 g/mol. The predicted molar refractivity (Wildman–Crippen MR) is 80.4 cm³/mol. The molecule has 0 amide bonds. The van der Waals surface area contributed by atoms with E-state index in [1.807, 2.05) is 12.1 Å². The Morgan fingerprint density at radius 1 is 1.20 bits per heavy atom. The van der Waals surface area contributed by atoms with Crippen LogP contribution in [0.15, 0.2) is 24.3 Å². The number of ether oxygens (including phenoxy) is 1. The monoisotopic (exact) mass is 276 g/mol. The molecule has 1 saturated heterocycles. The van der Waals surface area contributed by atoms with E-state index in [2.05, 4.69) is 23.8 Å². The topological polar surface area (TPSA) is 32.8 Å². The van der Waals surface area contributed by atoms with Crippen molar-refractivity contribution in [3.63, 3.8) is 0 Å². The van der Waals surface area contributed by atoms with Gasteiger partial charge in [-0.05, 0) is 31.3 Å². The zero-order chi connectivity index (χ0) is 14.4. The van der Waals surface area contributed by atoms with Gasteiger partial charge in [0.1, 0.15) is 12.0 Å². The Bertz CT molecular complexity index is 411. The standard InChI is InChI=1S/C16H24N2O2/c1-14(11-18-9-7-17(2)8-10-18)13-20-16-5-3-15(12-19)4-6-16/h3-6,12,14H,7-11,13H2,1-2H3. The second-order valence-corrected chi connectivity index (χ2v) is 5.71. The van der Waals surface area contributed by atoms with Crippen LogP contribution in [0.25, 0.3) is 0 Å². The van der Waals surface area contributed by atoms with E-state index in [0.29, 0.717) is 18.1 Å². The first kappa shape index (κ1) is 15.0. The van der Waals surface area contributed by atoms with E-state index in [1.165, 1.54) is 0 Å². The fourth-order valence-electron chi connectivity index (χ4n) is 2.41. The maximum atomic E-state index is 10.6. The molecule has 1 atom stereocenters. The van der Waals surface area contributed by atoms with Crippen LogP contribution in [-0.2, 0) is 0 Å². The molecule has 0 radical (unpaired) electrons. The minimum absolute atomic E-state index is 0.504. The number of hydrogen-bond acceptors (Lipinski definition) is 4. The van der Waals surface area contributed by atoms with Crippen molar-refractivity contribution in [2.45, 2.75) is 6.92 Å². The smallest absolute Gasteiger partial charge is 0.150 e. The van der Waals surface area contributed by atoms with Gasteiger partial charge in [-0.25, -0.2) is 0 Å². The van der Waals surface area contributed by atoms with Crippen LogP contribution in [0.5, 0.6) is 5.75 Å². The van der Waals surface area contributed by atoms with Crippen LogP contribution in [0.2, 0.25) is 0 Å². The number of benzene rings is 1. The number of aldehydes is 1. The fourth-order valence-corrected chi connectivity index (χ4v) is 2.41. The number of carbonyl (C=O) groups is 1. The van der Waals surface area contributed by atoms with Crippen molar-refractivity contribution in [3.05, 3.63) is 29.8 Å². The highest BCUT2D eigenvalue weighted by Gasteiger charge is 2.16. The molecule has 1 aliphatic heterocycles. The van der Waals surface area contributed by atoms with Gasteiger partial charge in [0.05, 0.1) is 6.61 Å². The summed E-state index contributed by atoms with van der Waals surface area (Å²) in [7, 11) is 2.17. The molecule has 2 rings (SSSR count). The minimum Gasteiger partial charge on any atom is -0.493 e. The second-order valence-electron chi connectivity index (χ2n) is 5.71. The molecule has 0 aliphatic carbocycles. The Labute approximate surface area is 121 Å². The summed E-state index contributed by atoms with van der Waals surface area (Å²) in [5, 5.41) is 0. The van der Waals surface area contributed by atoms with E-state index in [1.54, 1.807) is 12.1 Å². The number of nitrogens with zero attached hydrogens (tertiary/aromatic N) is 2. The van der Waals surface area contributed by atoms with Gasteiger partial charge in [0.2, 0.25) is 0 Å². The van der Waals surface area contributed by atoms with Crippen molar-refractivity contribution < 1.29 is 9.53 Å². The van der Waals surface area contributed by atoms with Crippen LogP contribution in [0.3, 0.4) is 0 Å². The Morgan fingerprint density at radius 2 is 1.85 bits per heavy atom. The van der Waals surface area contributed by atoms with Gasteiger partial charge in [-0.3, -0.25) is 4.79 Å². The quantitative estimate of drug-likeness (QED) is 0.741. The van der Waals surface area contributed by atoms with E-state index in [4.69, 9.17) is 4.74 Å². The van der Waals surface area contributed by atoms with Gasteiger partial charge in [-0.15, -0.1) is 0 Å². The van der Waals surface area contributed by atoms with Crippen molar-refractivity contribution in [3.8, 4) is 5.75 Å². The van der Waals surface area contributed by atoms with Crippen molar-refractivity contribution in [2.24, 2.45) is 5.92 Å². The summed E-state index contributed by atoms with van der Waals surface area (Å²) in [6.07, 6.45) is 0.847. The van der Waals surface area contributed by atoms with E-state index in [9.17, 15) is 4.79 Å². The summed E-state index contributed by atoms with van der Waals surface area (Å²) < 4.78 is 5.78. The molecule has 110 valence electrons. The highest BCUT2D eigenvalue weighted by Crippen LogP contribution is 2.13. The molecule has 0 aromatic heterocycles. The average Bonchev–Trinajstić information content (AvgIpc) is 2.48. The minimum atomic E-state index is 0.504. The summed E-state index contributed by atoms with van der Waals surface area (Å²) in [5.41, 5.74) is 0.683. The number of rotatable bonds is 6. The Kier molecular flexibility index (Phi) is 5.56. The third kappa shape index (κ3) is 4.62. The molecule has 1 aromatic carbocycles. The van der Waals surface area contributed by atoms with Gasteiger partial charge < -0.3 is 14.5 Å². The first-order chi connectivity index (χ1) is 9.67. The molecule has 1 heterocycles. The third-order valence-electron chi connectivity index (χ3n) is 3.72. The summed E-state index contributed by atoms with van der Waals surface area (Å²) in [4.78, 5) is 15.4. The molecule has 0 spiro atoms. The summed E-state index contributed by atoms with van der Waals surface area (Å²) in [6, 6.07) is 7.28. The molecule has 20 heavy (non-hydrogen) atoms. The SMILES string of the molecule is CC(COc1ccc(C=O)cc1)CN1CCN(C)CC1. The first-order valence-corrected chi connectivity index (χ1v) is 7.26. The van der Waals surface area contributed by atoms with Crippen LogP contribution >= 0.6 is 0 Å². The Morgan fingerprint density at radius 3 is 2.45 bits per heavy atom. The van der Waals surface area contributed by atoms with E-state index < -0.39 is 0 Å². The molecular formula is C16H24N2O2. The fraction of sp³-hybridized carbons (Fsp3) is 0.562. The molecule has 0 bridgehead atoms. The van der Waals surface area contributed by atoms with Gasteiger partial charge in [0, 0.05) is 44.2 Å². The van der Waals surface area contributed by atoms with Gasteiger partial charge in [0.15, 0.2) is 0 Å². The lowest BCUT2D eigenvalue weighted by Crippen LogP contribution is -2.46. The van der Waals surface area contributed by atoms with Crippen LogP contribution in [0, 0.1) is 5.92 Å². The highest BCUT2D eigenvalue weighted by atomic mass is 16.5. The molecule has 1 fully saturated rings. The van der Waals surface area contributed by atoms with Crippen molar-refractivity contribution >= 4 is 6.29 Å². The molecule has 4 nitrogen and oxygen atoms in total. The van der Waals surface area contributed by atoms with E-state index in [0.717, 1.165) is 44.8 Å². The van der Waals surface area contributed by atoms with Gasteiger partial charge in [-0.2, -0.15) is 0 Å². The first-order valence-electron chi connectivity index (χ1n) is 7.26. The lowest BCUT2D eigenvalue weighted by atomic mass is 10.1. The normalized spacial score (nSPS) is 18.7. The third-order valence-corrected chi connectivity index (χ3v) is 3.72. The van der Waals surface area contributed by atoms with Crippen molar-refractivity contribution in [2.75, 3.05) is 46.4 Å². The lowest BCUT2D eigenvalue weighted by molar-refractivity contribution is 0.112. The van der Waals surface area contributed by atoms with E-state index in [-0.39, 0.29) is 0 Å². The zero-order valence-electron chi connectivity index (χ0n) is 12.4. The molecule has 1 aliphatic rings. The molecule has 4 heteroatoms. The largest absolute Gasteiger partial charge is 0.493 e. The molecule has 0 N–H and O–H groups in total.